The number of carbonyl (C=O) groups is 2. The van der Waals surface area contributed by atoms with E-state index in [0.717, 1.165) is 23.2 Å². The van der Waals surface area contributed by atoms with Crippen LogP contribution >= 0.6 is 0 Å². The van der Waals surface area contributed by atoms with Crippen LogP contribution in [0.4, 0.5) is 10.5 Å². The molecule has 0 aliphatic carbocycles. The largest absolute Gasteiger partial charge is 0.450 e. The highest BCUT2D eigenvalue weighted by Gasteiger charge is 2.12. The van der Waals surface area contributed by atoms with E-state index < -0.39 is 12.0 Å². The van der Waals surface area contributed by atoms with Crippen LogP contribution in [0, 0.1) is 18.3 Å². The average Bonchev–Trinajstić information content (AvgIpc) is 2.59. The lowest BCUT2D eigenvalue weighted by Crippen LogP contribution is -2.31. The molecular formula is C18H24N4O3. The lowest BCUT2D eigenvalue weighted by Gasteiger charge is -2.12. The number of hydrogen-bond donors (Lipinski definition) is 3. The summed E-state index contributed by atoms with van der Waals surface area (Å²) in [5.41, 5.74) is 2.65. The second-order valence-electron chi connectivity index (χ2n) is 5.19. The SMILES string of the molecule is CCOC(=O)NCCN/C=C(/C#N)C(=O)Nc1c(C)cccc1CC. The number of rotatable bonds is 8. The molecule has 0 fully saturated rings. The van der Waals surface area contributed by atoms with Crippen LogP contribution in [0.5, 0.6) is 0 Å². The lowest BCUT2D eigenvalue weighted by atomic mass is 10.1. The Hall–Kier alpha value is -3.01. The fourth-order valence-corrected chi connectivity index (χ4v) is 2.12. The van der Waals surface area contributed by atoms with E-state index in [1.54, 1.807) is 6.92 Å². The van der Waals surface area contributed by atoms with Crippen molar-refractivity contribution in [3.05, 3.63) is 41.1 Å². The van der Waals surface area contributed by atoms with Gasteiger partial charge in [0.15, 0.2) is 0 Å². The Bertz CT molecular complexity index is 677. The minimum atomic E-state index is -0.502. The maximum Gasteiger partial charge on any atom is 0.407 e. The van der Waals surface area contributed by atoms with Crippen LogP contribution in [0.2, 0.25) is 0 Å². The normalized spacial score (nSPS) is 10.6. The van der Waals surface area contributed by atoms with Gasteiger partial charge in [-0.2, -0.15) is 5.26 Å². The fraction of sp³-hybridized carbons (Fsp3) is 0.389. The molecule has 134 valence electrons. The minimum Gasteiger partial charge on any atom is -0.450 e. The number of nitrogens with one attached hydrogen (secondary N) is 3. The maximum absolute atomic E-state index is 12.3. The van der Waals surface area contributed by atoms with Crippen molar-refractivity contribution in [2.75, 3.05) is 25.0 Å². The van der Waals surface area contributed by atoms with Gasteiger partial charge in [-0.05, 0) is 31.4 Å². The van der Waals surface area contributed by atoms with Crippen molar-refractivity contribution in [3.63, 3.8) is 0 Å². The number of hydrogen-bond acceptors (Lipinski definition) is 5. The molecule has 2 amide bonds. The number of anilines is 1. The molecule has 7 nitrogen and oxygen atoms in total. The van der Waals surface area contributed by atoms with Crippen molar-refractivity contribution in [1.29, 1.82) is 5.26 Å². The predicted octanol–water partition coefficient (Wildman–Crippen LogP) is 2.24. The van der Waals surface area contributed by atoms with E-state index in [1.165, 1.54) is 6.20 Å². The van der Waals surface area contributed by atoms with Gasteiger partial charge in [0, 0.05) is 25.0 Å². The van der Waals surface area contributed by atoms with E-state index in [1.807, 2.05) is 38.1 Å². The molecule has 0 spiro atoms. The van der Waals surface area contributed by atoms with Gasteiger partial charge in [-0.3, -0.25) is 4.79 Å². The maximum atomic E-state index is 12.3. The molecule has 0 aromatic heterocycles. The van der Waals surface area contributed by atoms with Crippen LogP contribution in [0.3, 0.4) is 0 Å². The highest BCUT2D eigenvalue weighted by molar-refractivity contribution is 6.07. The van der Waals surface area contributed by atoms with Gasteiger partial charge in [0.25, 0.3) is 5.91 Å². The van der Waals surface area contributed by atoms with Crippen LogP contribution in [-0.2, 0) is 16.0 Å². The van der Waals surface area contributed by atoms with Gasteiger partial charge < -0.3 is 20.7 Å². The van der Waals surface area contributed by atoms with Gasteiger partial charge >= 0.3 is 6.09 Å². The van der Waals surface area contributed by atoms with Crippen molar-refractivity contribution < 1.29 is 14.3 Å². The Kier molecular flexibility index (Phi) is 8.58. The summed E-state index contributed by atoms with van der Waals surface area (Å²) < 4.78 is 4.72. The standard InChI is InChI=1S/C18H24N4O3/c1-4-14-8-6-7-13(3)16(14)22-17(23)15(11-19)12-20-9-10-21-18(24)25-5-2/h6-8,12,20H,4-5,9-10H2,1-3H3,(H,21,24)(H,22,23)/b15-12-. The number of ether oxygens (including phenoxy) is 1. The number of benzene rings is 1. The molecule has 0 aliphatic rings. The number of alkyl carbamates (subject to hydrolysis) is 1. The number of nitriles is 1. The molecule has 1 aromatic rings. The van der Waals surface area contributed by atoms with Gasteiger partial charge in [-0.1, -0.05) is 25.1 Å². The summed E-state index contributed by atoms with van der Waals surface area (Å²) in [5.74, 6) is -0.475. The average molecular weight is 344 g/mol. The zero-order valence-corrected chi connectivity index (χ0v) is 14.8. The van der Waals surface area contributed by atoms with Crippen molar-refractivity contribution in [1.82, 2.24) is 10.6 Å². The number of carbonyl (C=O) groups excluding carboxylic acids is 2. The van der Waals surface area contributed by atoms with E-state index in [4.69, 9.17) is 4.74 Å². The zero-order valence-electron chi connectivity index (χ0n) is 14.8. The van der Waals surface area contributed by atoms with E-state index in [9.17, 15) is 14.9 Å². The first-order valence-electron chi connectivity index (χ1n) is 8.17. The molecule has 0 unspecified atom stereocenters. The molecule has 0 heterocycles. The monoisotopic (exact) mass is 344 g/mol. The number of amides is 2. The molecule has 0 saturated carbocycles. The molecule has 0 bridgehead atoms. The van der Waals surface area contributed by atoms with Crippen molar-refractivity contribution in [3.8, 4) is 6.07 Å². The van der Waals surface area contributed by atoms with Crippen LogP contribution in [0.25, 0.3) is 0 Å². The molecule has 0 aliphatic heterocycles. The van der Waals surface area contributed by atoms with Crippen molar-refractivity contribution in [2.24, 2.45) is 0 Å². The number of aryl methyl sites for hydroxylation is 2. The number of nitrogens with zero attached hydrogens (tertiary/aromatic N) is 1. The highest BCUT2D eigenvalue weighted by Crippen LogP contribution is 2.21. The molecule has 1 rings (SSSR count). The fourth-order valence-electron chi connectivity index (χ4n) is 2.12. The molecule has 0 saturated heterocycles. The van der Waals surface area contributed by atoms with E-state index in [0.29, 0.717) is 19.7 Å². The summed E-state index contributed by atoms with van der Waals surface area (Å²) in [4.78, 5) is 23.4. The van der Waals surface area contributed by atoms with Gasteiger partial charge in [0.1, 0.15) is 11.6 Å². The molecule has 25 heavy (non-hydrogen) atoms. The Morgan fingerprint density at radius 3 is 2.68 bits per heavy atom. The summed E-state index contributed by atoms with van der Waals surface area (Å²) in [5, 5.41) is 17.3. The van der Waals surface area contributed by atoms with Gasteiger partial charge in [0.2, 0.25) is 0 Å². The van der Waals surface area contributed by atoms with Crippen molar-refractivity contribution >= 4 is 17.7 Å². The third-order valence-corrected chi connectivity index (χ3v) is 3.40. The Morgan fingerprint density at radius 1 is 1.28 bits per heavy atom. The second-order valence-corrected chi connectivity index (χ2v) is 5.19. The van der Waals surface area contributed by atoms with Gasteiger partial charge in [-0.15, -0.1) is 0 Å². The lowest BCUT2D eigenvalue weighted by molar-refractivity contribution is -0.112. The molecule has 3 N–H and O–H groups in total. The summed E-state index contributed by atoms with van der Waals surface area (Å²) in [6.45, 7) is 6.61. The number of para-hydroxylation sites is 1. The molecular weight excluding hydrogens is 320 g/mol. The molecule has 0 atom stereocenters. The second kappa shape index (κ2) is 10.7. The topological polar surface area (TPSA) is 103 Å². The zero-order chi connectivity index (χ0) is 18.7. The first-order chi connectivity index (χ1) is 12.0. The van der Waals surface area contributed by atoms with Crippen LogP contribution < -0.4 is 16.0 Å². The van der Waals surface area contributed by atoms with Gasteiger partial charge in [-0.25, -0.2) is 4.79 Å². The van der Waals surface area contributed by atoms with Crippen LogP contribution in [-0.4, -0.2) is 31.7 Å². The van der Waals surface area contributed by atoms with E-state index in [-0.39, 0.29) is 5.57 Å². The molecule has 0 radical (unpaired) electrons. The summed E-state index contributed by atoms with van der Waals surface area (Å²) in [7, 11) is 0. The Balaban J connectivity index is 2.61. The third kappa shape index (κ3) is 6.55. The van der Waals surface area contributed by atoms with Crippen molar-refractivity contribution in [2.45, 2.75) is 27.2 Å². The summed E-state index contributed by atoms with van der Waals surface area (Å²) >= 11 is 0. The first-order valence-corrected chi connectivity index (χ1v) is 8.17. The Morgan fingerprint density at radius 2 is 2.04 bits per heavy atom. The van der Waals surface area contributed by atoms with Gasteiger partial charge in [0.05, 0.1) is 6.61 Å². The van der Waals surface area contributed by atoms with E-state index >= 15 is 0 Å². The molecule has 1 aromatic carbocycles. The first kappa shape index (κ1) is 20.0. The van der Waals surface area contributed by atoms with E-state index in [2.05, 4.69) is 16.0 Å². The minimum absolute atomic E-state index is 0.0403. The smallest absolute Gasteiger partial charge is 0.407 e. The molecule has 7 heteroatoms. The summed E-state index contributed by atoms with van der Waals surface area (Å²) in [6.07, 6.45) is 1.62. The van der Waals surface area contributed by atoms with Crippen LogP contribution in [0.15, 0.2) is 30.0 Å². The quantitative estimate of drug-likeness (QED) is 0.381. The predicted molar refractivity (Wildman–Crippen MR) is 95.9 cm³/mol. The third-order valence-electron chi connectivity index (χ3n) is 3.40. The Labute approximate surface area is 148 Å². The van der Waals surface area contributed by atoms with Crippen LogP contribution in [0.1, 0.15) is 25.0 Å². The summed E-state index contributed by atoms with van der Waals surface area (Å²) in [6, 6.07) is 7.66. The highest BCUT2D eigenvalue weighted by atomic mass is 16.5.